The Morgan fingerprint density at radius 2 is 2.00 bits per heavy atom. The van der Waals surface area contributed by atoms with Crippen LogP contribution in [0.3, 0.4) is 0 Å². The highest BCUT2D eigenvalue weighted by Gasteiger charge is 2.04. The first-order valence-corrected chi connectivity index (χ1v) is 4.86. The smallest absolute Gasteiger partial charge is 0.257 e. The number of pyridine rings is 1. The summed E-state index contributed by atoms with van der Waals surface area (Å²) in [6.45, 7) is 1.79. The highest BCUT2D eigenvalue weighted by atomic mass is 16.3. The number of benzene rings is 1. The predicted molar refractivity (Wildman–Crippen MR) is 62.9 cm³/mol. The predicted octanol–water partition coefficient (Wildman–Crippen LogP) is 1.43. The molecular weight excluding hydrogens is 204 g/mol. The Balaban J connectivity index is 2.70. The van der Waals surface area contributed by atoms with Gasteiger partial charge in [0.05, 0.1) is 5.69 Å². The van der Waals surface area contributed by atoms with E-state index in [9.17, 15) is 9.90 Å². The van der Waals surface area contributed by atoms with E-state index in [4.69, 9.17) is 5.73 Å². The number of nitrogens with two attached hydrogens (primary N) is 1. The Hall–Kier alpha value is -2.23. The molecular formula is C12H12N2O2. The maximum absolute atomic E-state index is 11.8. The summed E-state index contributed by atoms with van der Waals surface area (Å²) >= 11 is 0. The van der Waals surface area contributed by atoms with Gasteiger partial charge in [0.15, 0.2) is 0 Å². The van der Waals surface area contributed by atoms with E-state index < -0.39 is 0 Å². The number of hydrogen-bond donors (Lipinski definition) is 2. The molecule has 0 atom stereocenters. The number of aromatic hydroxyl groups is 1. The van der Waals surface area contributed by atoms with E-state index in [1.165, 1.54) is 16.7 Å². The molecule has 0 amide bonds. The van der Waals surface area contributed by atoms with E-state index in [2.05, 4.69) is 0 Å². The monoisotopic (exact) mass is 216 g/mol. The van der Waals surface area contributed by atoms with Gasteiger partial charge < -0.3 is 10.8 Å². The minimum absolute atomic E-state index is 0.126. The first-order chi connectivity index (χ1) is 7.58. The molecule has 0 fully saturated rings. The first-order valence-electron chi connectivity index (χ1n) is 4.86. The minimum atomic E-state index is -0.205. The summed E-state index contributed by atoms with van der Waals surface area (Å²) in [5.41, 5.74) is 7.17. The van der Waals surface area contributed by atoms with Crippen molar-refractivity contribution in [2.45, 2.75) is 6.92 Å². The zero-order valence-electron chi connectivity index (χ0n) is 8.84. The third-order valence-electron chi connectivity index (χ3n) is 2.33. The van der Waals surface area contributed by atoms with Gasteiger partial charge >= 0.3 is 0 Å². The summed E-state index contributed by atoms with van der Waals surface area (Å²) in [4.78, 5) is 11.8. The Kier molecular flexibility index (Phi) is 2.40. The molecule has 2 aromatic rings. The van der Waals surface area contributed by atoms with Crippen molar-refractivity contribution in [3.8, 4) is 11.4 Å². The Morgan fingerprint density at radius 3 is 2.62 bits per heavy atom. The van der Waals surface area contributed by atoms with Crippen LogP contribution in [0.1, 0.15) is 5.69 Å². The van der Waals surface area contributed by atoms with Gasteiger partial charge in [0, 0.05) is 23.5 Å². The standard InChI is InChI=1S/C12H12N2O2/c1-8-5-9(13)6-12(16)14(8)10-3-2-4-11(15)7-10/h2-7,15H,13H2,1H3. The van der Waals surface area contributed by atoms with Crippen LogP contribution in [0, 0.1) is 6.92 Å². The van der Waals surface area contributed by atoms with E-state index in [1.807, 2.05) is 0 Å². The fourth-order valence-electron chi connectivity index (χ4n) is 1.69. The fourth-order valence-corrected chi connectivity index (χ4v) is 1.69. The summed E-state index contributed by atoms with van der Waals surface area (Å²) < 4.78 is 1.50. The lowest BCUT2D eigenvalue weighted by Gasteiger charge is -2.10. The third-order valence-corrected chi connectivity index (χ3v) is 2.33. The topological polar surface area (TPSA) is 68.2 Å². The van der Waals surface area contributed by atoms with Crippen molar-refractivity contribution in [3.05, 3.63) is 52.4 Å². The average Bonchev–Trinajstić information content (AvgIpc) is 2.15. The van der Waals surface area contributed by atoms with Crippen molar-refractivity contribution in [3.63, 3.8) is 0 Å². The number of nitrogens with zero attached hydrogens (tertiary/aromatic N) is 1. The van der Waals surface area contributed by atoms with Gasteiger partial charge in [-0.2, -0.15) is 0 Å². The van der Waals surface area contributed by atoms with Crippen LogP contribution in [0.2, 0.25) is 0 Å². The Bertz CT molecular complexity index is 588. The summed E-state index contributed by atoms with van der Waals surface area (Å²) in [5.74, 6) is 0.126. The molecule has 2 rings (SSSR count). The average molecular weight is 216 g/mol. The van der Waals surface area contributed by atoms with Crippen molar-refractivity contribution >= 4 is 5.69 Å². The molecule has 0 aliphatic heterocycles. The molecule has 1 aromatic carbocycles. The number of rotatable bonds is 1. The number of aryl methyl sites for hydroxylation is 1. The zero-order chi connectivity index (χ0) is 11.7. The van der Waals surface area contributed by atoms with Gasteiger partial charge in [0.1, 0.15) is 5.75 Å². The SMILES string of the molecule is Cc1cc(N)cc(=O)n1-c1cccc(O)c1. The van der Waals surface area contributed by atoms with Crippen molar-refractivity contribution < 1.29 is 5.11 Å². The molecule has 0 aliphatic rings. The second kappa shape index (κ2) is 3.73. The molecule has 4 nitrogen and oxygen atoms in total. The van der Waals surface area contributed by atoms with Gasteiger partial charge in [-0.3, -0.25) is 9.36 Å². The van der Waals surface area contributed by atoms with Crippen LogP contribution in [-0.4, -0.2) is 9.67 Å². The van der Waals surface area contributed by atoms with E-state index in [1.54, 1.807) is 31.2 Å². The first kappa shape index (κ1) is 10.3. The van der Waals surface area contributed by atoms with Crippen LogP contribution in [0.25, 0.3) is 5.69 Å². The van der Waals surface area contributed by atoms with Crippen LogP contribution >= 0.6 is 0 Å². The molecule has 0 bridgehead atoms. The van der Waals surface area contributed by atoms with Crippen molar-refractivity contribution in [1.82, 2.24) is 4.57 Å². The van der Waals surface area contributed by atoms with Crippen molar-refractivity contribution in [1.29, 1.82) is 0 Å². The maximum Gasteiger partial charge on any atom is 0.257 e. The van der Waals surface area contributed by atoms with Gasteiger partial charge in [-0.25, -0.2) is 0 Å². The maximum atomic E-state index is 11.8. The highest BCUT2D eigenvalue weighted by molar-refractivity contribution is 5.44. The molecule has 4 heteroatoms. The van der Waals surface area contributed by atoms with Crippen LogP contribution in [0.5, 0.6) is 5.75 Å². The molecule has 1 heterocycles. The van der Waals surface area contributed by atoms with Crippen LogP contribution in [-0.2, 0) is 0 Å². The Morgan fingerprint density at radius 1 is 1.25 bits per heavy atom. The van der Waals surface area contributed by atoms with Gasteiger partial charge in [0.2, 0.25) is 0 Å². The Labute approximate surface area is 92.6 Å². The number of phenols is 1. The van der Waals surface area contributed by atoms with E-state index in [0.29, 0.717) is 11.4 Å². The minimum Gasteiger partial charge on any atom is -0.508 e. The number of anilines is 1. The second-order valence-electron chi connectivity index (χ2n) is 3.62. The molecule has 0 saturated heterocycles. The summed E-state index contributed by atoms with van der Waals surface area (Å²) in [6.07, 6.45) is 0. The van der Waals surface area contributed by atoms with Crippen LogP contribution < -0.4 is 11.3 Å². The lowest BCUT2D eigenvalue weighted by molar-refractivity contribution is 0.475. The molecule has 0 aliphatic carbocycles. The van der Waals surface area contributed by atoms with Crippen LogP contribution in [0.15, 0.2) is 41.2 Å². The number of phenolic OH excluding ortho intramolecular Hbond substituents is 1. The number of aromatic nitrogens is 1. The molecule has 0 saturated carbocycles. The van der Waals surface area contributed by atoms with Gasteiger partial charge in [0.25, 0.3) is 5.56 Å². The van der Waals surface area contributed by atoms with E-state index in [-0.39, 0.29) is 11.3 Å². The van der Waals surface area contributed by atoms with Gasteiger partial charge in [-0.15, -0.1) is 0 Å². The fraction of sp³-hybridized carbons (Fsp3) is 0.0833. The van der Waals surface area contributed by atoms with E-state index in [0.717, 1.165) is 5.69 Å². The molecule has 3 N–H and O–H groups in total. The lowest BCUT2D eigenvalue weighted by Crippen LogP contribution is -2.20. The summed E-state index contributed by atoms with van der Waals surface area (Å²) in [6, 6.07) is 9.60. The van der Waals surface area contributed by atoms with Crippen molar-refractivity contribution in [2.75, 3.05) is 5.73 Å². The van der Waals surface area contributed by atoms with E-state index >= 15 is 0 Å². The normalized spacial score (nSPS) is 10.3. The summed E-state index contributed by atoms with van der Waals surface area (Å²) in [5, 5.41) is 9.37. The highest BCUT2D eigenvalue weighted by Crippen LogP contribution is 2.15. The molecule has 0 spiro atoms. The van der Waals surface area contributed by atoms with Crippen LogP contribution in [0.4, 0.5) is 5.69 Å². The molecule has 16 heavy (non-hydrogen) atoms. The van der Waals surface area contributed by atoms with Gasteiger partial charge in [-0.05, 0) is 25.1 Å². The number of hydrogen-bond acceptors (Lipinski definition) is 3. The third kappa shape index (κ3) is 1.77. The largest absolute Gasteiger partial charge is 0.508 e. The number of nitrogen functional groups attached to an aromatic ring is 1. The van der Waals surface area contributed by atoms with Gasteiger partial charge in [-0.1, -0.05) is 6.07 Å². The lowest BCUT2D eigenvalue weighted by atomic mass is 10.2. The molecule has 1 aromatic heterocycles. The molecule has 82 valence electrons. The second-order valence-corrected chi connectivity index (χ2v) is 3.62. The molecule has 0 radical (unpaired) electrons. The quantitative estimate of drug-likeness (QED) is 0.757. The summed E-state index contributed by atoms with van der Waals surface area (Å²) in [7, 11) is 0. The zero-order valence-corrected chi connectivity index (χ0v) is 8.84. The molecule has 0 unspecified atom stereocenters. The van der Waals surface area contributed by atoms with Crippen molar-refractivity contribution in [2.24, 2.45) is 0 Å².